The zero-order chi connectivity index (χ0) is 19.0. The minimum atomic E-state index is -0.189. The number of amides is 1. The van der Waals surface area contributed by atoms with E-state index < -0.39 is 0 Å². The lowest BCUT2D eigenvalue weighted by Crippen LogP contribution is -2.50. The van der Waals surface area contributed by atoms with Crippen molar-refractivity contribution in [1.29, 1.82) is 0 Å². The zero-order valence-electron chi connectivity index (χ0n) is 16.4. The number of benzene rings is 1. The van der Waals surface area contributed by atoms with Crippen molar-refractivity contribution in [1.82, 2.24) is 15.2 Å². The van der Waals surface area contributed by atoms with Crippen LogP contribution >= 0.6 is 0 Å². The highest BCUT2D eigenvalue weighted by Crippen LogP contribution is 2.34. The fourth-order valence-corrected chi connectivity index (χ4v) is 4.73. The lowest BCUT2D eigenvalue weighted by Gasteiger charge is -2.34. The molecule has 5 nitrogen and oxygen atoms in total. The summed E-state index contributed by atoms with van der Waals surface area (Å²) in [6.45, 7) is 6.22. The minimum Gasteiger partial charge on any atom is -0.396 e. The van der Waals surface area contributed by atoms with Gasteiger partial charge in [-0.3, -0.25) is 10.1 Å². The number of hydrogen-bond acceptors (Lipinski definition) is 3. The molecule has 2 aromatic rings. The van der Waals surface area contributed by atoms with Crippen molar-refractivity contribution in [3.63, 3.8) is 0 Å². The molecule has 0 bridgehead atoms. The molecular weight excluding hydrogens is 338 g/mol. The summed E-state index contributed by atoms with van der Waals surface area (Å²) in [4.78, 5) is 18.7. The Hall–Kier alpha value is -1.85. The average Bonchev–Trinajstić information content (AvgIpc) is 3.01. The quantitative estimate of drug-likeness (QED) is 0.776. The van der Waals surface area contributed by atoms with E-state index in [-0.39, 0.29) is 24.6 Å². The predicted octanol–water partition coefficient (Wildman–Crippen LogP) is 3.00. The number of piperidine rings is 1. The van der Waals surface area contributed by atoms with Gasteiger partial charge in [0.25, 0.3) is 0 Å². The molecule has 0 aliphatic carbocycles. The molecule has 146 valence electrons. The van der Waals surface area contributed by atoms with Gasteiger partial charge in [-0.15, -0.1) is 0 Å². The lowest BCUT2D eigenvalue weighted by atomic mass is 9.94. The maximum atomic E-state index is 13.3. The van der Waals surface area contributed by atoms with Gasteiger partial charge in [0.2, 0.25) is 5.91 Å². The van der Waals surface area contributed by atoms with Crippen molar-refractivity contribution in [2.45, 2.75) is 51.6 Å². The van der Waals surface area contributed by atoms with E-state index in [1.165, 1.54) is 16.5 Å². The number of aromatic amines is 1. The van der Waals surface area contributed by atoms with E-state index in [1.54, 1.807) is 0 Å². The minimum absolute atomic E-state index is 0.189. The van der Waals surface area contributed by atoms with Gasteiger partial charge in [0, 0.05) is 42.8 Å². The molecule has 1 amide bonds. The third-order valence-corrected chi connectivity index (χ3v) is 6.21. The Balaban J connectivity index is 1.61. The van der Waals surface area contributed by atoms with Crippen LogP contribution in [0.25, 0.3) is 10.9 Å². The van der Waals surface area contributed by atoms with Crippen LogP contribution in [-0.4, -0.2) is 46.6 Å². The summed E-state index contributed by atoms with van der Waals surface area (Å²) in [6, 6.07) is 6.44. The van der Waals surface area contributed by atoms with Gasteiger partial charge in [0.05, 0.1) is 6.04 Å². The first-order chi connectivity index (χ1) is 13.1. The number of carbonyl (C=O) groups excluding carboxylic acids is 1. The van der Waals surface area contributed by atoms with Gasteiger partial charge in [0.1, 0.15) is 0 Å². The van der Waals surface area contributed by atoms with Crippen molar-refractivity contribution in [3.8, 4) is 0 Å². The summed E-state index contributed by atoms with van der Waals surface area (Å²) in [5.41, 5.74) is 3.71. The van der Waals surface area contributed by atoms with E-state index in [1.807, 2.05) is 4.90 Å². The van der Waals surface area contributed by atoms with Crippen LogP contribution in [0.5, 0.6) is 0 Å². The third-order valence-electron chi connectivity index (χ3n) is 6.21. The standard InChI is InChI=1S/C22H31N3O2/c1-14(2)10-19-17-4-3-5-18-21(17)16(12-23-18)11-20(24-19)22(27)25-8-6-15(13-26)7-9-25/h3-5,12,14-15,19-20,23-24,26H,6-11,13H2,1-2H3. The Bertz CT molecular complexity index is 805. The lowest BCUT2D eigenvalue weighted by molar-refractivity contribution is -0.135. The van der Waals surface area contributed by atoms with E-state index in [0.717, 1.165) is 44.3 Å². The fraction of sp³-hybridized carbons (Fsp3) is 0.591. The molecule has 4 rings (SSSR count). The molecule has 2 unspecified atom stereocenters. The average molecular weight is 370 g/mol. The largest absolute Gasteiger partial charge is 0.396 e. The Morgan fingerprint density at radius 1 is 1.30 bits per heavy atom. The van der Waals surface area contributed by atoms with Crippen LogP contribution in [0.4, 0.5) is 0 Å². The smallest absolute Gasteiger partial charge is 0.240 e. The molecular formula is C22H31N3O2. The van der Waals surface area contributed by atoms with Crippen molar-refractivity contribution >= 4 is 16.8 Å². The number of nitrogens with one attached hydrogen (secondary N) is 2. The predicted molar refractivity (Wildman–Crippen MR) is 108 cm³/mol. The molecule has 0 saturated carbocycles. The van der Waals surface area contributed by atoms with Crippen LogP contribution in [0.1, 0.15) is 50.3 Å². The zero-order valence-corrected chi connectivity index (χ0v) is 16.4. The Morgan fingerprint density at radius 2 is 2.07 bits per heavy atom. The number of hydrogen-bond donors (Lipinski definition) is 3. The second-order valence-electron chi connectivity index (χ2n) is 8.64. The summed E-state index contributed by atoms with van der Waals surface area (Å²) in [6.07, 6.45) is 5.62. The van der Waals surface area contributed by atoms with Gasteiger partial charge in [-0.2, -0.15) is 0 Å². The van der Waals surface area contributed by atoms with Gasteiger partial charge < -0.3 is 15.0 Å². The first kappa shape index (κ1) is 18.5. The molecule has 1 aromatic heterocycles. The van der Waals surface area contributed by atoms with Crippen molar-refractivity contribution in [2.75, 3.05) is 19.7 Å². The molecule has 1 aromatic carbocycles. The Labute approximate surface area is 161 Å². The van der Waals surface area contributed by atoms with Gasteiger partial charge in [-0.1, -0.05) is 26.0 Å². The monoisotopic (exact) mass is 369 g/mol. The van der Waals surface area contributed by atoms with E-state index in [4.69, 9.17) is 0 Å². The van der Waals surface area contributed by atoms with Crippen LogP contribution in [-0.2, 0) is 11.2 Å². The highest BCUT2D eigenvalue weighted by atomic mass is 16.3. The van der Waals surface area contributed by atoms with Gasteiger partial charge >= 0.3 is 0 Å². The number of aliphatic hydroxyl groups is 1. The summed E-state index contributed by atoms with van der Waals surface area (Å²) in [5.74, 6) is 1.11. The van der Waals surface area contributed by atoms with Crippen LogP contribution in [0.2, 0.25) is 0 Å². The van der Waals surface area contributed by atoms with E-state index in [2.05, 4.69) is 48.5 Å². The Morgan fingerprint density at radius 3 is 2.78 bits per heavy atom. The Kier molecular flexibility index (Phi) is 5.24. The number of carbonyl (C=O) groups is 1. The van der Waals surface area contributed by atoms with E-state index in [9.17, 15) is 9.90 Å². The molecule has 2 aliphatic heterocycles. The number of aromatic nitrogens is 1. The normalized spacial score (nSPS) is 23.8. The maximum Gasteiger partial charge on any atom is 0.240 e. The molecule has 5 heteroatoms. The highest BCUT2D eigenvalue weighted by Gasteiger charge is 2.33. The first-order valence-electron chi connectivity index (χ1n) is 10.3. The van der Waals surface area contributed by atoms with E-state index in [0.29, 0.717) is 11.8 Å². The van der Waals surface area contributed by atoms with Crippen LogP contribution in [0, 0.1) is 11.8 Å². The summed E-state index contributed by atoms with van der Waals surface area (Å²) in [5, 5.41) is 14.4. The van der Waals surface area contributed by atoms with Gasteiger partial charge in [-0.05, 0) is 54.7 Å². The first-order valence-corrected chi connectivity index (χ1v) is 10.3. The number of H-pyrrole nitrogens is 1. The van der Waals surface area contributed by atoms with Crippen molar-refractivity contribution < 1.29 is 9.90 Å². The van der Waals surface area contributed by atoms with Gasteiger partial charge in [-0.25, -0.2) is 0 Å². The van der Waals surface area contributed by atoms with Crippen LogP contribution < -0.4 is 5.32 Å². The molecule has 1 saturated heterocycles. The summed E-state index contributed by atoms with van der Waals surface area (Å²) < 4.78 is 0. The number of likely N-dealkylation sites (tertiary alicyclic amines) is 1. The van der Waals surface area contributed by atoms with Crippen molar-refractivity contribution in [2.24, 2.45) is 11.8 Å². The number of nitrogens with zero attached hydrogens (tertiary/aromatic N) is 1. The summed E-state index contributed by atoms with van der Waals surface area (Å²) >= 11 is 0. The third kappa shape index (κ3) is 3.63. The molecule has 3 N–H and O–H groups in total. The highest BCUT2D eigenvalue weighted by molar-refractivity contribution is 5.90. The van der Waals surface area contributed by atoms with Crippen LogP contribution in [0.15, 0.2) is 24.4 Å². The molecule has 3 heterocycles. The second-order valence-corrected chi connectivity index (χ2v) is 8.64. The molecule has 2 atom stereocenters. The van der Waals surface area contributed by atoms with Crippen LogP contribution in [0.3, 0.4) is 0 Å². The maximum absolute atomic E-state index is 13.3. The van der Waals surface area contributed by atoms with Crippen molar-refractivity contribution in [3.05, 3.63) is 35.5 Å². The second kappa shape index (κ2) is 7.64. The van der Waals surface area contributed by atoms with E-state index >= 15 is 0 Å². The SMILES string of the molecule is CC(C)CC1NC(C(=O)N2CCC(CO)CC2)Cc2c[nH]c3cccc1c23. The van der Waals surface area contributed by atoms with Gasteiger partial charge in [0.15, 0.2) is 0 Å². The molecule has 2 aliphatic rings. The topological polar surface area (TPSA) is 68.4 Å². The number of aliphatic hydroxyl groups excluding tert-OH is 1. The number of rotatable bonds is 4. The summed E-state index contributed by atoms with van der Waals surface area (Å²) in [7, 11) is 0. The molecule has 1 fully saturated rings. The molecule has 27 heavy (non-hydrogen) atoms. The molecule has 0 radical (unpaired) electrons. The fourth-order valence-electron chi connectivity index (χ4n) is 4.73. The molecule has 0 spiro atoms.